The van der Waals surface area contributed by atoms with Crippen molar-refractivity contribution >= 4 is 0 Å². The SMILES string of the molecule is CC.CCC1(CC)CCCN(C)C1C. The van der Waals surface area contributed by atoms with Crippen molar-refractivity contribution in [3.63, 3.8) is 0 Å². The second-order valence-electron chi connectivity index (χ2n) is 4.33. The highest BCUT2D eigenvalue weighted by Gasteiger charge is 2.37. The van der Waals surface area contributed by atoms with Gasteiger partial charge >= 0.3 is 0 Å². The van der Waals surface area contributed by atoms with Crippen LogP contribution in [0.15, 0.2) is 0 Å². The molecule has 0 aromatic carbocycles. The molecule has 1 rings (SSSR count). The molecule has 0 aromatic heterocycles. The first-order valence-electron chi connectivity index (χ1n) is 6.36. The van der Waals surface area contributed by atoms with Crippen LogP contribution in [0.2, 0.25) is 0 Å². The van der Waals surface area contributed by atoms with Gasteiger partial charge < -0.3 is 4.90 Å². The van der Waals surface area contributed by atoms with Crippen LogP contribution in [0.4, 0.5) is 0 Å². The molecule has 86 valence electrons. The average Bonchev–Trinajstić information content (AvgIpc) is 2.26. The fourth-order valence-corrected chi connectivity index (χ4v) is 2.74. The highest BCUT2D eigenvalue weighted by molar-refractivity contribution is 4.90. The highest BCUT2D eigenvalue weighted by atomic mass is 15.1. The molecule has 1 aliphatic rings. The maximum atomic E-state index is 2.52. The van der Waals surface area contributed by atoms with Crippen LogP contribution >= 0.6 is 0 Å². The van der Waals surface area contributed by atoms with Crippen molar-refractivity contribution in [3.8, 4) is 0 Å². The number of hydrogen-bond acceptors (Lipinski definition) is 1. The van der Waals surface area contributed by atoms with E-state index in [1.54, 1.807) is 0 Å². The van der Waals surface area contributed by atoms with Crippen molar-refractivity contribution in [1.29, 1.82) is 0 Å². The van der Waals surface area contributed by atoms with E-state index in [1.165, 1.54) is 32.2 Å². The first-order valence-corrected chi connectivity index (χ1v) is 6.36. The second-order valence-corrected chi connectivity index (χ2v) is 4.33. The molecule has 0 spiro atoms. The van der Waals surface area contributed by atoms with Crippen molar-refractivity contribution in [1.82, 2.24) is 4.90 Å². The van der Waals surface area contributed by atoms with Gasteiger partial charge in [0.25, 0.3) is 0 Å². The maximum Gasteiger partial charge on any atom is 0.0120 e. The van der Waals surface area contributed by atoms with Gasteiger partial charge in [-0.3, -0.25) is 0 Å². The van der Waals surface area contributed by atoms with Gasteiger partial charge in [0.15, 0.2) is 0 Å². The predicted molar refractivity (Wildman–Crippen MR) is 65.7 cm³/mol. The van der Waals surface area contributed by atoms with Crippen LogP contribution in [0, 0.1) is 5.41 Å². The third-order valence-electron chi connectivity index (χ3n) is 4.14. The number of rotatable bonds is 2. The zero-order valence-corrected chi connectivity index (χ0v) is 11.1. The van der Waals surface area contributed by atoms with E-state index in [0.717, 1.165) is 6.04 Å². The average molecular weight is 199 g/mol. The largest absolute Gasteiger partial charge is 0.303 e. The summed E-state index contributed by atoms with van der Waals surface area (Å²) in [5.74, 6) is 0. The first kappa shape index (κ1) is 14.0. The van der Waals surface area contributed by atoms with E-state index >= 15 is 0 Å². The van der Waals surface area contributed by atoms with Gasteiger partial charge in [-0.1, -0.05) is 27.7 Å². The Bertz CT molecular complexity index is 138. The minimum atomic E-state index is 0.618. The summed E-state index contributed by atoms with van der Waals surface area (Å²) in [5.41, 5.74) is 0.618. The van der Waals surface area contributed by atoms with Crippen molar-refractivity contribution in [3.05, 3.63) is 0 Å². The summed E-state index contributed by atoms with van der Waals surface area (Å²) in [6.07, 6.45) is 5.51. The number of likely N-dealkylation sites (tertiary alicyclic amines) is 1. The van der Waals surface area contributed by atoms with E-state index in [9.17, 15) is 0 Å². The van der Waals surface area contributed by atoms with Crippen LogP contribution in [-0.4, -0.2) is 24.5 Å². The molecule has 1 aliphatic heterocycles. The molecule has 0 bridgehead atoms. The quantitative estimate of drug-likeness (QED) is 0.651. The third-order valence-corrected chi connectivity index (χ3v) is 4.14. The summed E-state index contributed by atoms with van der Waals surface area (Å²) in [7, 11) is 2.27. The zero-order chi connectivity index (χ0) is 11.2. The molecule has 1 saturated heterocycles. The normalized spacial score (nSPS) is 26.6. The lowest BCUT2D eigenvalue weighted by Crippen LogP contribution is -2.48. The zero-order valence-electron chi connectivity index (χ0n) is 11.1. The topological polar surface area (TPSA) is 3.24 Å². The summed E-state index contributed by atoms with van der Waals surface area (Å²) in [6, 6.07) is 0.779. The molecule has 1 atom stereocenters. The summed E-state index contributed by atoms with van der Waals surface area (Å²) < 4.78 is 0. The first-order chi connectivity index (χ1) is 6.66. The molecule has 1 unspecified atom stereocenters. The third kappa shape index (κ3) is 2.73. The summed E-state index contributed by atoms with van der Waals surface area (Å²) in [6.45, 7) is 12.4. The van der Waals surface area contributed by atoms with E-state index in [0.29, 0.717) is 5.41 Å². The summed E-state index contributed by atoms with van der Waals surface area (Å²) in [5, 5.41) is 0. The van der Waals surface area contributed by atoms with E-state index < -0.39 is 0 Å². The molecule has 1 fully saturated rings. The van der Waals surface area contributed by atoms with Crippen LogP contribution in [0.3, 0.4) is 0 Å². The van der Waals surface area contributed by atoms with Crippen molar-refractivity contribution in [2.45, 2.75) is 66.3 Å². The molecule has 0 N–H and O–H groups in total. The Hall–Kier alpha value is -0.0400. The Kier molecular flexibility index (Phi) is 6.43. The number of hydrogen-bond donors (Lipinski definition) is 0. The molecule has 0 aromatic rings. The van der Waals surface area contributed by atoms with Gasteiger partial charge in [-0.25, -0.2) is 0 Å². The smallest absolute Gasteiger partial charge is 0.0120 e. The maximum absolute atomic E-state index is 2.52. The number of piperidine rings is 1. The Balaban J connectivity index is 0.000000791. The molecular weight excluding hydrogens is 170 g/mol. The molecule has 1 heterocycles. The lowest BCUT2D eigenvalue weighted by molar-refractivity contribution is 0.0343. The second kappa shape index (κ2) is 6.44. The lowest BCUT2D eigenvalue weighted by Gasteiger charge is -2.47. The molecule has 0 saturated carbocycles. The molecule has 0 radical (unpaired) electrons. The molecule has 1 heteroatoms. The Labute approximate surface area is 90.9 Å². The molecule has 0 amide bonds. The van der Waals surface area contributed by atoms with Crippen LogP contribution in [-0.2, 0) is 0 Å². The van der Waals surface area contributed by atoms with Crippen LogP contribution in [0.1, 0.15) is 60.3 Å². The van der Waals surface area contributed by atoms with Gasteiger partial charge in [-0.15, -0.1) is 0 Å². The highest BCUT2D eigenvalue weighted by Crippen LogP contribution is 2.40. The van der Waals surface area contributed by atoms with Gasteiger partial charge in [-0.2, -0.15) is 0 Å². The molecule has 14 heavy (non-hydrogen) atoms. The van der Waals surface area contributed by atoms with E-state index in [4.69, 9.17) is 0 Å². The molecule has 1 nitrogen and oxygen atoms in total. The Morgan fingerprint density at radius 3 is 2.07 bits per heavy atom. The van der Waals surface area contributed by atoms with Crippen LogP contribution in [0.25, 0.3) is 0 Å². The van der Waals surface area contributed by atoms with E-state index in [1.807, 2.05) is 13.8 Å². The minimum Gasteiger partial charge on any atom is -0.303 e. The minimum absolute atomic E-state index is 0.618. The summed E-state index contributed by atoms with van der Waals surface area (Å²) >= 11 is 0. The van der Waals surface area contributed by atoms with Crippen molar-refractivity contribution in [2.24, 2.45) is 5.41 Å². The fourth-order valence-electron chi connectivity index (χ4n) is 2.74. The van der Waals surface area contributed by atoms with E-state index in [-0.39, 0.29) is 0 Å². The van der Waals surface area contributed by atoms with Gasteiger partial charge in [0, 0.05) is 6.04 Å². The Morgan fingerprint density at radius 2 is 1.71 bits per heavy atom. The standard InChI is InChI=1S/C11H23N.C2H6/c1-5-11(6-2)8-7-9-12(4)10(11)3;1-2/h10H,5-9H2,1-4H3;1-2H3. The van der Waals surface area contributed by atoms with Gasteiger partial charge in [0.05, 0.1) is 0 Å². The summed E-state index contributed by atoms with van der Waals surface area (Å²) in [4.78, 5) is 2.52. The van der Waals surface area contributed by atoms with Crippen molar-refractivity contribution in [2.75, 3.05) is 13.6 Å². The fraction of sp³-hybridized carbons (Fsp3) is 1.00. The van der Waals surface area contributed by atoms with Gasteiger partial charge in [0.2, 0.25) is 0 Å². The molecular formula is C13H29N. The Morgan fingerprint density at radius 1 is 1.21 bits per heavy atom. The molecule has 0 aliphatic carbocycles. The monoisotopic (exact) mass is 199 g/mol. The van der Waals surface area contributed by atoms with E-state index in [2.05, 4.69) is 32.7 Å². The number of nitrogens with zero attached hydrogens (tertiary/aromatic N) is 1. The van der Waals surface area contributed by atoms with Crippen LogP contribution < -0.4 is 0 Å². The van der Waals surface area contributed by atoms with Crippen molar-refractivity contribution < 1.29 is 0 Å². The predicted octanol–water partition coefficient (Wildman–Crippen LogP) is 3.93. The van der Waals surface area contributed by atoms with Crippen LogP contribution in [0.5, 0.6) is 0 Å². The van der Waals surface area contributed by atoms with Gasteiger partial charge in [0.1, 0.15) is 0 Å². The lowest BCUT2D eigenvalue weighted by atomic mass is 9.70. The van der Waals surface area contributed by atoms with Gasteiger partial charge in [-0.05, 0) is 51.6 Å².